The van der Waals surface area contributed by atoms with E-state index in [1.54, 1.807) is 26.8 Å². The average Bonchev–Trinajstić information content (AvgIpc) is 2.99. The molecule has 0 heterocycles. The maximum absolute atomic E-state index is 12.9. The molecule has 2 N–H and O–H groups in total. The number of benzene rings is 1. The first-order chi connectivity index (χ1) is 10.5. The van der Waals surface area contributed by atoms with Gasteiger partial charge in [0, 0.05) is 18.9 Å². The molecule has 1 unspecified atom stereocenters. The quantitative estimate of drug-likeness (QED) is 0.826. The Labute approximate surface area is 133 Å². The summed E-state index contributed by atoms with van der Waals surface area (Å²) in [6.45, 7) is 4.53. The molecule has 8 heteroatoms. The Bertz CT molecular complexity index is 759. The molecular weight excluding hydrogens is 328 g/mol. The molecule has 0 radical (unpaired) electrons. The Balaban J connectivity index is 2.35. The van der Waals surface area contributed by atoms with Crippen molar-refractivity contribution in [3.05, 3.63) is 28.3 Å². The number of halogens is 2. The Morgan fingerprint density at radius 2 is 1.91 bits per heavy atom. The molecule has 23 heavy (non-hydrogen) atoms. The van der Waals surface area contributed by atoms with E-state index in [4.69, 9.17) is 5.11 Å². The Morgan fingerprint density at radius 1 is 1.35 bits per heavy atom. The summed E-state index contributed by atoms with van der Waals surface area (Å²) in [6, 6.07) is 1.60. The molecule has 0 saturated heterocycles. The maximum Gasteiger partial charge on any atom is 0.307 e. The second kappa shape index (κ2) is 5.83. The van der Waals surface area contributed by atoms with Gasteiger partial charge >= 0.3 is 5.97 Å². The molecule has 1 aromatic rings. The standard InChI is InChI=1S/C15H19F2NO4S/c1-8-4-9(2)14(10(3)12(8)5-13(19)20)23(21,22)18-7-11-6-15(11,16)17/h4,11,18H,5-7H2,1-3H3,(H,19,20). The van der Waals surface area contributed by atoms with Gasteiger partial charge in [0.1, 0.15) is 0 Å². The molecule has 0 spiro atoms. The van der Waals surface area contributed by atoms with Crippen molar-refractivity contribution in [1.29, 1.82) is 0 Å². The molecular formula is C15H19F2NO4S. The van der Waals surface area contributed by atoms with Crippen LogP contribution in [0, 0.1) is 26.7 Å². The summed E-state index contributed by atoms with van der Waals surface area (Å²) >= 11 is 0. The van der Waals surface area contributed by atoms with Crippen molar-refractivity contribution in [2.75, 3.05) is 6.54 Å². The predicted octanol–water partition coefficient (Wildman–Crippen LogP) is 2.17. The first-order valence-electron chi connectivity index (χ1n) is 7.14. The van der Waals surface area contributed by atoms with E-state index in [9.17, 15) is 22.0 Å². The van der Waals surface area contributed by atoms with Gasteiger partial charge in [0.05, 0.1) is 11.3 Å². The van der Waals surface area contributed by atoms with E-state index in [-0.39, 0.29) is 24.3 Å². The SMILES string of the molecule is Cc1cc(C)c(S(=O)(=O)NCC2CC2(F)F)c(C)c1CC(=O)O. The van der Waals surface area contributed by atoms with Crippen LogP contribution in [0.15, 0.2) is 11.0 Å². The summed E-state index contributed by atoms with van der Waals surface area (Å²) in [4.78, 5) is 10.9. The van der Waals surface area contributed by atoms with Gasteiger partial charge in [-0.25, -0.2) is 21.9 Å². The number of carbonyl (C=O) groups is 1. The summed E-state index contributed by atoms with van der Waals surface area (Å²) in [5.41, 5.74) is 1.93. The smallest absolute Gasteiger partial charge is 0.307 e. The fourth-order valence-corrected chi connectivity index (χ4v) is 4.39. The number of hydrogen-bond acceptors (Lipinski definition) is 3. The highest BCUT2D eigenvalue weighted by Gasteiger charge is 2.56. The van der Waals surface area contributed by atoms with Gasteiger partial charge < -0.3 is 5.11 Å². The van der Waals surface area contributed by atoms with Crippen LogP contribution in [0.25, 0.3) is 0 Å². The highest BCUT2D eigenvalue weighted by atomic mass is 32.2. The summed E-state index contributed by atoms with van der Waals surface area (Å²) in [7, 11) is -3.98. The third kappa shape index (κ3) is 3.69. The van der Waals surface area contributed by atoms with Crippen molar-refractivity contribution in [3.8, 4) is 0 Å². The van der Waals surface area contributed by atoms with Crippen LogP contribution in [0.1, 0.15) is 28.7 Å². The minimum Gasteiger partial charge on any atom is -0.481 e. The zero-order valence-corrected chi connectivity index (χ0v) is 13.9. The topological polar surface area (TPSA) is 83.5 Å². The van der Waals surface area contributed by atoms with Crippen LogP contribution in [-0.2, 0) is 21.2 Å². The lowest BCUT2D eigenvalue weighted by Gasteiger charge is -2.17. The average molecular weight is 347 g/mol. The molecule has 5 nitrogen and oxygen atoms in total. The predicted molar refractivity (Wildman–Crippen MR) is 80.2 cm³/mol. The molecule has 2 rings (SSSR count). The lowest BCUT2D eigenvalue weighted by Crippen LogP contribution is -2.29. The minimum atomic E-state index is -3.98. The zero-order chi connectivity index (χ0) is 17.6. The number of hydrogen-bond donors (Lipinski definition) is 2. The van der Waals surface area contributed by atoms with Gasteiger partial charge in [-0.3, -0.25) is 4.79 Å². The van der Waals surface area contributed by atoms with Crippen LogP contribution >= 0.6 is 0 Å². The second-order valence-electron chi connectivity index (χ2n) is 6.03. The number of alkyl halides is 2. The highest BCUT2D eigenvalue weighted by molar-refractivity contribution is 7.89. The molecule has 1 aromatic carbocycles. The molecule has 1 saturated carbocycles. The van der Waals surface area contributed by atoms with Gasteiger partial charge in [0.15, 0.2) is 0 Å². The molecule has 1 fully saturated rings. The van der Waals surface area contributed by atoms with Gasteiger partial charge in [-0.2, -0.15) is 0 Å². The van der Waals surface area contributed by atoms with Crippen molar-refractivity contribution in [1.82, 2.24) is 4.72 Å². The lowest BCUT2D eigenvalue weighted by atomic mass is 9.97. The van der Waals surface area contributed by atoms with Gasteiger partial charge in [0.25, 0.3) is 5.92 Å². The van der Waals surface area contributed by atoms with Crippen molar-refractivity contribution < 1.29 is 27.1 Å². The number of carboxylic acid groups (broad SMARTS) is 1. The van der Waals surface area contributed by atoms with E-state index in [0.717, 1.165) is 0 Å². The van der Waals surface area contributed by atoms with Crippen LogP contribution < -0.4 is 4.72 Å². The fraction of sp³-hybridized carbons (Fsp3) is 0.533. The normalized spacial score (nSPS) is 19.6. The lowest BCUT2D eigenvalue weighted by molar-refractivity contribution is -0.136. The maximum atomic E-state index is 12.9. The number of sulfonamides is 1. The van der Waals surface area contributed by atoms with Crippen molar-refractivity contribution >= 4 is 16.0 Å². The third-order valence-corrected chi connectivity index (χ3v) is 5.84. The van der Waals surface area contributed by atoms with Crippen molar-refractivity contribution in [3.63, 3.8) is 0 Å². The van der Waals surface area contributed by atoms with E-state index < -0.39 is 27.8 Å². The highest BCUT2D eigenvalue weighted by Crippen LogP contribution is 2.48. The largest absolute Gasteiger partial charge is 0.481 e. The third-order valence-electron chi connectivity index (χ3n) is 4.13. The number of aliphatic carboxylic acids is 1. The Hall–Kier alpha value is -1.54. The number of aryl methyl sites for hydroxylation is 2. The molecule has 0 bridgehead atoms. The van der Waals surface area contributed by atoms with Crippen LogP contribution in [0.4, 0.5) is 8.78 Å². The van der Waals surface area contributed by atoms with Gasteiger partial charge in [-0.15, -0.1) is 0 Å². The second-order valence-corrected chi connectivity index (χ2v) is 7.73. The summed E-state index contributed by atoms with van der Waals surface area (Å²) < 4.78 is 52.9. The Kier molecular flexibility index (Phi) is 4.51. The van der Waals surface area contributed by atoms with Crippen molar-refractivity contribution in [2.24, 2.45) is 5.92 Å². The van der Waals surface area contributed by atoms with Gasteiger partial charge in [-0.1, -0.05) is 6.07 Å². The zero-order valence-electron chi connectivity index (χ0n) is 13.1. The molecule has 0 amide bonds. The number of rotatable bonds is 6. The van der Waals surface area contributed by atoms with E-state index in [1.165, 1.54) is 0 Å². The summed E-state index contributed by atoms with van der Waals surface area (Å²) in [6.07, 6.45) is -0.604. The van der Waals surface area contributed by atoms with Crippen LogP contribution in [-0.4, -0.2) is 32.0 Å². The first-order valence-corrected chi connectivity index (χ1v) is 8.63. The minimum absolute atomic E-state index is 0.0247. The van der Waals surface area contributed by atoms with Gasteiger partial charge in [0.2, 0.25) is 10.0 Å². The van der Waals surface area contributed by atoms with Crippen LogP contribution in [0.3, 0.4) is 0 Å². The fourth-order valence-electron chi connectivity index (χ4n) is 2.82. The van der Waals surface area contributed by atoms with Crippen LogP contribution in [0.2, 0.25) is 0 Å². The molecule has 1 aliphatic carbocycles. The van der Waals surface area contributed by atoms with Crippen LogP contribution in [0.5, 0.6) is 0 Å². The Morgan fingerprint density at radius 3 is 2.39 bits per heavy atom. The van der Waals surface area contributed by atoms with E-state index in [2.05, 4.69) is 4.72 Å². The molecule has 1 atom stereocenters. The van der Waals surface area contributed by atoms with Gasteiger partial charge in [-0.05, 0) is 43.0 Å². The molecule has 0 aliphatic heterocycles. The number of carboxylic acids is 1. The number of nitrogens with one attached hydrogen (secondary N) is 1. The van der Waals surface area contributed by atoms with E-state index >= 15 is 0 Å². The van der Waals surface area contributed by atoms with E-state index in [1.807, 2.05) is 0 Å². The molecule has 0 aromatic heterocycles. The van der Waals surface area contributed by atoms with E-state index in [0.29, 0.717) is 22.3 Å². The summed E-state index contributed by atoms with van der Waals surface area (Å²) in [5, 5.41) is 8.97. The molecule has 1 aliphatic rings. The first kappa shape index (κ1) is 17.8. The summed E-state index contributed by atoms with van der Waals surface area (Å²) in [5.74, 6) is -4.83. The van der Waals surface area contributed by atoms with Crippen molar-refractivity contribution in [2.45, 2.75) is 44.4 Å². The monoisotopic (exact) mass is 347 g/mol. The molecule has 128 valence electrons.